The summed E-state index contributed by atoms with van der Waals surface area (Å²) < 4.78 is 26.7. The van der Waals surface area contributed by atoms with Crippen molar-refractivity contribution in [2.24, 2.45) is 0 Å². The lowest BCUT2D eigenvalue weighted by molar-refractivity contribution is -0.387. The van der Waals surface area contributed by atoms with E-state index in [1.807, 2.05) is 0 Å². The van der Waals surface area contributed by atoms with E-state index in [4.69, 9.17) is 16.9 Å². The van der Waals surface area contributed by atoms with E-state index < -0.39 is 27.8 Å². The van der Waals surface area contributed by atoms with Crippen molar-refractivity contribution in [1.82, 2.24) is 0 Å². The Morgan fingerprint density at radius 3 is 2.59 bits per heavy atom. The monoisotopic (exact) mass is 258 g/mol. The van der Waals surface area contributed by atoms with Crippen LogP contribution in [0.2, 0.25) is 0 Å². The smallest absolute Gasteiger partial charge is 0.258 e. The summed E-state index contributed by atoms with van der Waals surface area (Å²) in [7, 11) is 0. The third-order valence-electron chi connectivity index (χ3n) is 1.95. The number of nitrogens with zero attached hydrogens (tertiary/aromatic N) is 2. The van der Waals surface area contributed by atoms with E-state index in [1.54, 1.807) is 6.07 Å². The second kappa shape index (κ2) is 4.89. The van der Waals surface area contributed by atoms with Gasteiger partial charge in [-0.2, -0.15) is 9.65 Å². The summed E-state index contributed by atoms with van der Waals surface area (Å²) in [5, 5.41) is 18.7. The highest BCUT2D eigenvalue weighted by atomic mass is 35.5. The standard InChI is InChI=1S/C10H5ClF2N2O2/c1-5(4-14)9(11)7-2-6(12)3-8(10(7)13)15(16)17/h2-3H,1H3/b9-5-. The topological polar surface area (TPSA) is 66.9 Å². The third-order valence-corrected chi connectivity index (χ3v) is 2.44. The molecule has 1 rings (SSSR count). The van der Waals surface area contributed by atoms with Gasteiger partial charge in [0, 0.05) is 11.1 Å². The molecule has 0 bridgehead atoms. The van der Waals surface area contributed by atoms with Crippen LogP contribution < -0.4 is 0 Å². The van der Waals surface area contributed by atoms with Crippen LogP contribution in [-0.4, -0.2) is 4.92 Å². The minimum atomic E-state index is -1.27. The summed E-state index contributed by atoms with van der Waals surface area (Å²) in [6.07, 6.45) is 0. The van der Waals surface area contributed by atoms with Crippen molar-refractivity contribution in [3.8, 4) is 6.07 Å². The van der Waals surface area contributed by atoms with Gasteiger partial charge >= 0.3 is 5.69 Å². The number of allylic oxidation sites excluding steroid dienone is 1. The molecule has 1 aromatic carbocycles. The lowest BCUT2D eigenvalue weighted by atomic mass is 10.1. The van der Waals surface area contributed by atoms with Gasteiger partial charge in [-0.25, -0.2) is 4.39 Å². The molecular weight excluding hydrogens is 254 g/mol. The molecule has 88 valence electrons. The van der Waals surface area contributed by atoms with Crippen LogP contribution in [0, 0.1) is 33.1 Å². The van der Waals surface area contributed by atoms with E-state index in [0.717, 1.165) is 0 Å². The van der Waals surface area contributed by atoms with Crippen LogP contribution in [0.15, 0.2) is 17.7 Å². The van der Waals surface area contributed by atoms with Crippen molar-refractivity contribution in [1.29, 1.82) is 5.26 Å². The molecular formula is C10H5ClF2N2O2. The molecule has 17 heavy (non-hydrogen) atoms. The van der Waals surface area contributed by atoms with Crippen molar-refractivity contribution in [2.45, 2.75) is 6.92 Å². The summed E-state index contributed by atoms with van der Waals surface area (Å²) in [6, 6.07) is 2.80. The zero-order chi connectivity index (χ0) is 13.2. The number of benzene rings is 1. The van der Waals surface area contributed by atoms with Crippen LogP contribution in [0.25, 0.3) is 5.03 Å². The maximum absolute atomic E-state index is 13.6. The number of hydrogen-bond donors (Lipinski definition) is 0. The van der Waals surface area contributed by atoms with Gasteiger partial charge in [0.1, 0.15) is 5.82 Å². The Morgan fingerprint density at radius 2 is 2.12 bits per heavy atom. The predicted octanol–water partition coefficient (Wildman–Crippen LogP) is 3.37. The Morgan fingerprint density at radius 1 is 1.53 bits per heavy atom. The fourth-order valence-electron chi connectivity index (χ4n) is 1.12. The average Bonchev–Trinajstić information content (AvgIpc) is 2.29. The zero-order valence-electron chi connectivity index (χ0n) is 8.50. The first-order valence-corrected chi connectivity index (χ1v) is 4.66. The molecule has 0 fully saturated rings. The molecule has 0 heterocycles. The van der Waals surface area contributed by atoms with Gasteiger partial charge < -0.3 is 0 Å². The van der Waals surface area contributed by atoms with Crippen molar-refractivity contribution < 1.29 is 13.7 Å². The largest absolute Gasteiger partial charge is 0.308 e. The van der Waals surface area contributed by atoms with Crippen LogP contribution in [0.1, 0.15) is 12.5 Å². The second-order valence-corrected chi connectivity index (χ2v) is 3.47. The molecule has 0 aromatic heterocycles. The fourth-order valence-corrected chi connectivity index (χ4v) is 1.30. The lowest BCUT2D eigenvalue weighted by Gasteiger charge is -2.03. The summed E-state index contributed by atoms with van der Waals surface area (Å²) in [5.41, 5.74) is -1.59. The Balaban J connectivity index is 3.57. The number of rotatable bonds is 2. The molecule has 0 aliphatic carbocycles. The van der Waals surface area contributed by atoms with Crippen molar-refractivity contribution in [3.63, 3.8) is 0 Å². The molecule has 0 aliphatic heterocycles. The van der Waals surface area contributed by atoms with Gasteiger partial charge in [0.15, 0.2) is 0 Å². The highest BCUT2D eigenvalue weighted by Gasteiger charge is 2.22. The summed E-state index contributed by atoms with van der Waals surface area (Å²) in [5.74, 6) is -2.27. The Bertz CT molecular complexity index is 564. The number of hydrogen-bond acceptors (Lipinski definition) is 3. The SMILES string of the molecule is C/C(C#N)=C(/Cl)c1cc(F)cc([N+](=O)[O-])c1F. The Kier molecular flexibility index (Phi) is 3.76. The molecule has 0 amide bonds. The van der Waals surface area contributed by atoms with Gasteiger partial charge in [-0.1, -0.05) is 11.6 Å². The van der Waals surface area contributed by atoms with Crippen LogP contribution in [-0.2, 0) is 0 Å². The number of nitro groups is 1. The van der Waals surface area contributed by atoms with Crippen molar-refractivity contribution >= 4 is 22.3 Å². The molecule has 0 saturated heterocycles. The molecule has 0 atom stereocenters. The first-order chi connectivity index (χ1) is 7.88. The first-order valence-electron chi connectivity index (χ1n) is 4.28. The van der Waals surface area contributed by atoms with Crippen LogP contribution in [0.3, 0.4) is 0 Å². The predicted molar refractivity (Wildman–Crippen MR) is 57.1 cm³/mol. The van der Waals surface area contributed by atoms with Crippen LogP contribution >= 0.6 is 11.6 Å². The van der Waals surface area contributed by atoms with E-state index in [2.05, 4.69) is 0 Å². The molecule has 0 saturated carbocycles. The van der Waals surface area contributed by atoms with Crippen LogP contribution in [0.4, 0.5) is 14.5 Å². The second-order valence-electron chi connectivity index (χ2n) is 3.09. The highest BCUT2D eigenvalue weighted by Crippen LogP contribution is 2.31. The normalized spacial score (nSPS) is 11.7. The van der Waals surface area contributed by atoms with Gasteiger partial charge in [0.05, 0.1) is 22.1 Å². The quantitative estimate of drug-likeness (QED) is 0.464. The van der Waals surface area contributed by atoms with Gasteiger partial charge in [0.25, 0.3) is 0 Å². The van der Waals surface area contributed by atoms with E-state index in [-0.39, 0.29) is 10.6 Å². The molecule has 1 aromatic rings. The number of nitriles is 1. The van der Waals surface area contributed by atoms with Gasteiger partial charge in [-0.05, 0) is 13.0 Å². The van der Waals surface area contributed by atoms with E-state index in [1.165, 1.54) is 6.92 Å². The maximum Gasteiger partial charge on any atom is 0.308 e. The summed E-state index contributed by atoms with van der Waals surface area (Å²) >= 11 is 5.64. The fraction of sp³-hybridized carbons (Fsp3) is 0.100. The number of nitro benzene ring substituents is 1. The van der Waals surface area contributed by atoms with Crippen LogP contribution in [0.5, 0.6) is 0 Å². The minimum Gasteiger partial charge on any atom is -0.258 e. The molecule has 0 spiro atoms. The van der Waals surface area contributed by atoms with Gasteiger partial charge in [-0.15, -0.1) is 0 Å². The Hall–Kier alpha value is -2.00. The molecule has 0 unspecified atom stereocenters. The van der Waals surface area contributed by atoms with E-state index in [9.17, 15) is 18.9 Å². The third kappa shape index (κ3) is 2.57. The van der Waals surface area contributed by atoms with Crippen molar-refractivity contribution in [2.75, 3.05) is 0 Å². The zero-order valence-corrected chi connectivity index (χ0v) is 9.26. The molecule has 0 N–H and O–H groups in total. The lowest BCUT2D eigenvalue weighted by Crippen LogP contribution is -1.98. The van der Waals surface area contributed by atoms with Gasteiger partial charge in [0.2, 0.25) is 5.82 Å². The summed E-state index contributed by atoms with van der Waals surface area (Å²) in [6.45, 7) is 1.29. The molecule has 0 aliphatic rings. The number of halogens is 3. The van der Waals surface area contributed by atoms with E-state index in [0.29, 0.717) is 12.1 Å². The average molecular weight is 259 g/mol. The maximum atomic E-state index is 13.6. The molecule has 0 radical (unpaired) electrons. The summed E-state index contributed by atoms with van der Waals surface area (Å²) in [4.78, 5) is 9.40. The molecule has 7 heteroatoms. The Labute approximate surface area is 99.9 Å². The first kappa shape index (κ1) is 13.1. The highest BCUT2D eigenvalue weighted by molar-refractivity contribution is 6.49. The minimum absolute atomic E-state index is 0.0644. The van der Waals surface area contributed by atoms with E-state index >= 15 is 0 Å². The molecule has 4 nitrogen and oxygen atoms in total. The van der Waals surface area contributed by atoms with Crippen molar-refractivity contribution in [3.05, 3.63) is 45.0 Å². The van der Waals surface area contributed by atoms with Gasteiger partial charge in [-0.3, -0.25) is 10.1 Å².